The molecule has 0 aliphatic heterocycles. The van der Waals surface area contributed by atoms with Gasteiger partial charge >= 0.3 is 0 Å². The fraction of sp³-hybridized carbons (Fsp3) is 0.152. The van der Waals surface area contributed by atoms with E-state index in [2.05, 4.69) is 38.1 Å². The summed E-state index contributed by atoms with van der Waals surface area (Å²) < 4.78 is 3.41. The number of hydrogen-bond acceptors (Lipinski definition) is 6. The van der Waals surface area contributed by atoms with Gasteiger partial charge in [-0.05, 0) is 77.6 Å². The summed E-state index contributed by atoms with van der Waals surface area (Å²) in [7, 11) is 0. The van der Waals surface area contributed by atoms with E-state index in [1.54, 1.807) is 32.7 Å². The molecule has 41 heavy (non-hydrogen) atoms. The van der Waals surface area contributed by atoms with Crippen molar-refractivity contribution in [2.24, 2.45) is 0 Å². The van der Waals surface area contributed by atoms with E-state index in [4.69, 9.17) is 9.97 Å². The number of fused-ring (bicyclic) bond motifs is 2. The van der Waals surface area contributed by atoms with Crippen molar-refractivity contribution >= 4 is 45.3 Å². The van der Waals surface area contributed by atoms with Crippen molar-refractivity contribution in [3.05, 3.63) is 129 Å². The van der Waals surface area contributed by atoms with Crippen molar-refractivity contribution in [1.29, 1.82) is 0 Å². The van der Waals surface area contributed by atoms with Crippen LogP contribution in [0.15, 0.2) is 117 Å². The molecule has 0 aliphatic rings. The highest BCUT2D eigenvalue weighted by molar-refractivity contribution is 7.99. The molecule has 204 valence electrons. The molecule has 0 aliphatic carbocycles. The Hall–Kier alpha value is -4.14. The van der Waals surface area contributed by atoms with Gasteiger partial charge in [-0.2, -0.15) is 0 Å². The van der Waals surface area contributed by atoms with Crippen LogP contribution in [-0.2, 0) is 6.42 Å². The zero-order chi connectivity index (χ0) is 28.3. The van der Waals surface area contributed by atoms with Gasteiger partial charge in [-0.25, -0.2) is 9.97 Å². The van der Waals surface area contributed by atoms with Gasteiger partial charge < -0.3 is 0 Å². The highest BCUT2D eigenvalue weighted by Crippen LogP contribution is 2.24. The summed E-state index contributed by atoms with van der Waals surface area (Å²) in [6.07, 6.45) is 0.726. The highest BCUT2D eigenvalue weighted by Gasteiger charge is 2.14. The first-order chi connectivity index (χ1) is 20.1. The standard InChI is InChI=1S/C33H28N4O2S2/c1-3-40-32-34-28-11-7-5-9-26(28)30(38)36(32)24-17-13-22(14-18-24)21-23-15-19-25(20-16-23)37-31(39)27-10-6-8-12-29(27)35-33(37)41-4-2/h5-20H,3-4,21H2,1-2H3. The molecule has 2 heterocycles. The Morgan fingerprint density at radius 3 is 1.34 bits per heavy atom. The van der Waals surface area contributed by atoms with E-state index in [9.17, 15) is 9.59 Å². The van der Waals surface area contributed by atoms with Crippen LogP contribution in [0.5, 0.6) is 0 Å². The molecule has 4 aromatic carbocycles. The maximum absolute atomic E-state index is 13.4. The number of rotatable bonds is 8. The van der Waals surface area contributed by atoms with Gasteiger partial charge in [0.15, 0.2) is 10.3 Å². The van der Waals surface area contributed by atoms with Crippen molar-refractivity contribution in [3.8, 4) is 11.4 Å². The number of nitrogens with zero attached hydrogens (tertiary/aromatic N) is 4. The maximum Gasteiger partial charge on any atom is 0.266 e. The van der Waals surface area contributed by atoms with Crippen LogP contribution in [0.3, 0.4) is 0 Å². The first-order valence-electron chi connectivity index (χ1n) is 13.5. The number of para-hydroxylation sites is 2. The van der Waals surface area contributed by atoms with E-state index >= 15 is 0 Å². The first kappa shape index (κ1) is 27.1. The predicted octanol–water partition coefficient (Wildman–Crippen LogP) is 6.90. The lowest BCUT2D eigenvalue weighted by atomic mass is 10.0. The van der Waals surface area contributed by atoms with Crippen LogP contribution in [0.4, 0.5) is 0 Å². The molecular weight excluding hydrogens is 549 g/mol. The maximum atomic E-state index is 13.4. The van der Waals surface area contributed by atoms with Gasteiger partial charge in [-0.15, -0.1) is 0 Å². The molecule has 0 amide bonds. The summed E-state index contributed by atoms with van der Waals surface area (Å²) in [6, 6.07) is 31.1. The van der Waals surface area contributed by atoms with Crippen LogP contribution in [0.2, 0.25) is 0 Å². The Balaban J connectivity index is 1.29. The average Bonchev–Trinajstić information content (AvgIpc) is 2.99. The van der Waals surface area contributed by atoms with Crippen LogP contribution < -0.4 is 11.1 Å². The van der Waals surface area contributed by atoms with Gasteiger partial charge in [0, 0.05) is 0 Å². The van der Waals surface area contributed by atoms with Crippen molar-refractivity contribution in [1.82, 2.24) is 19.1 Å². The summed E-state index contributed by atoms with van der Waals surface area (Å²) in [5, 5.41) is 2.61. The van der Waals surface area contributed by atoms with E-state index in [1.165, 1.54) is 0 Å². The molecule has 0 bridgehead atoms. The molecular formula is C33H28N4O2S2. The molecule has 6 aromatic rings. The first-order valence-corrected chi connectivity index (χ1v) is 15.5. The quantitative estimate of drug-likeness (QED) is 0.145. The molecule has 0 N–H and O–H groups in total. The Bertz CT molecular complexity index is 1840. The fourth-order valence-electron chi connectivity index (χ4n) is 4.89. The molecule has 0 radical (unpaired) electrons. The lowest BCUT2D eigenvalue weighted by Crippen LogP contribution is -2.21. The molecule has 0 unspecified atom stereocenters. The Labute approximate surface area is 246 Å². The van der Waals surface area contributed by atoms with Crippen LogP contribution >= 0.6 is 23.5 Å². The number of thioether (sulfide) groups is 2. The second-order valence-electron chi connectivity index (χ2n) is 9.48. The Kier molecular flexibility index (Phi) is 7.76. The van der Waals surface area contributed by atoms with E-state index in [-0.39, 0.29) is 11.1 Å². The third-order valence-electron chi connectivity index (χ3n) is 6.83. The van der Waals surface area contributed by atoms with E-state index < -0.39 is 0 Å². The monoisotopic (exact) mass is 576 g/mol. The molecule has 8 heteroatoms. The minimum Gasteiger partial charge on any atom is -0.268 e. The van der Waals surface area contributed by atoms with Gasteiger partial charge in [0.05, 0.1) is 33.2 Å². The lowest BCUT2D eigenvalue weighted by molar-refractivity contribution is 0.819. The zero-order valence-corrected chi connectivity index (χ0v) is 24.4. The molecule has 0 fully saturated rings. The van der Waals surface area contributed by atoms with E-state index in [0.717, 1.165) is 40.4 Å². The van der Waals surface area contributed by atoms with E-state index in [0.29, 0.717) is 32.1 Å². The normalized spacial score (nSPS) is 11.4. The molecule has 0 saturated heterocycles. The summed E-state index contributed by atoms with van der Waals surface area (Å²) in [4.78, 5) is 36.3. The topological polar surface area (TPSA) is 69.8 Å². The Morgan fingerprint density at radius 1 is 0.561 bits per heavy atom. The zero-order valence-electron chi connectivity index (χ0n) is 22.8. The molecule has 6 rings (SSSR count). The van der Waals surface area contributed by atoms with Gasteiger partial charge in [0.25, 0.3) is 11.1 Å². The van der Waals surface area contributed by atoms with Gasteiger partial charge in [0.2, 0.25) is 0 Å². The molecule has 2 aromatic heterocycles. The van der Waals surface area contributed by atoms with Crippen molar-refractivity contribution in [2.75, 3.05) is 11.5 Å². The minimum absolute atomic E-state index is 0.0612. The molecule has 6 nitrogen and oxygen atoms in total. The van der Waals surface area contributed by atoms with Crippen LogP contribution in [-0.4, -0.2) is 30.6 Å². The second-order valence-corrected chi connectivity index (χ2v) is 11.9. The van der Waals surface area contributed by atoms with Gasteiger partial charge in [-0.3, -0.25) is 18.7 Å². The fourth-order valence-corrected chi connectivity index (χ4v) is 6.37. The largest absolute Gasteiger partial charge is 0.268 e. The van der Waals surface area contributed by atoms with Gasteiger partial charge in [0.1, 0.15) is 0 Å². The minimum atomic E-state index is -0.0612. The summed E-state index contributed by atoms with van der Waals surface area (Å²) in [5.41, 5.74) is 5.15. The van der Waals surface area contributed by atoms with Gasteiger partial charge in [-0.1, -0.05) is 85.9 Å². The van der Waals surface area contributed by atoms with Crippen molar-refractivity contribution < 1.29 is 0 Å². The molecule has 0 spiro atoms. The number of benzene rings is 4. The van der Waals surface area contributed by atoms with Crippen LogP contribution in [0.25, 0.3) is 33.2 Å². The third-order valence-corrected chi connectivity index (χ3v) is 8.48. The van der Waals surface area contributed by atoms with Crippen LogP contribution in [0, 0.1) is 0 Å². The average molecular weight is 577 g/mol. The number of hydrogen-bond donors (Lipinski definition) is 0. The molecule has 0 atom stereocenters. The highest BCUT2D eigenvalue weighted by atomic mass is 32.2. The Morgan fingerprint density at radius 2 is 0.951 bits per heavy atom. The SMILES string of the molecule is CCSc1nc2ccccc2c(=O)n1-c1ccc(Cc2ccc(-n3c(SCC)nc4ccccc4c3=O)cc2)cc1. The predicted molar refractivity (Wildman–Crippen MR) is 170 cm³/mol. The summed E-state index contributed by atoms with van der Waals surface area (Å²) in [6.45, 7) is 4.11. The summed E-state index contributed by atoms with van der Waals surface area (Å²) in [5.74, 6) is 1.64. The third kappa shape index (κ3) is 5.33. The van der Waals surface area contributed by atoms with Crippen molar-refractivity contribution in [2.45, 2.75) is 30.6 Å². The summed E-state index contributed by atoms with van der Waals surface area (Å²) >= 11 is 3.12. The van der Waals surface area contributed by atoms with Crippen LogP contribution in [0.1, 0.15) is 25.0 Å². The number of aromatic nitrogens is 4. The lowest BCUT2D eigenvalue weighted by Gasteiger charge is -2.14. The van der Waals surface area contributed by atoms with E-state index in [1.807, 2.05) is 72.8 Å². The molecule has 0 saturated carbocycles. The second kappa shape index (κ2) is 11.8. The van der Waals surface area contributed by atoms with Crippen molar-refractivity contribution in [3.63, 3.8) is 0 Å². The smallest absolute Gasteiger partial charge is 0.266 e.